The van der Waals surface area contributed by atoms with Crippen LogP contribution in [0.3, 0.4) is 0 Å². The van der Waals surface area contributed by atoms with Crippen molar-refractivity contribution in [3.05, 3.63) is 35.0 Å². The van der Waals surface area contributed by atoms with Gasteiger partial charge in [0.2, 0.25) is 0 Å². The molecule has 0 bridgehead atoms. The lowest BCUT2D eigenvalue weighted by atomic mass is 9.94. The van der Waals surface area contributed by atoms with Crippen molar-refractivity contribution < 1.29 is 23.7 Å². The highest BCUT2D eigenvalue weighted by Gasteiger charge is 2.33. The van der Waals surface area contributed by atoms with Gasteiger partial charge in [-0.2, -0.15) is 0 Å². The predicted molar refractivity (Wildman–Crippen MR) is 106 cm³/mol. The van der Waals surface area contributed by atoms with Crippen LogP contribution in [0.15, 0.2) is 29.5 Å². The van der Waals surface area contributed by atoms with Crippen molar-refractivity contribution in [2.75, 3.05) is 34.0 Å². The van der Waals surface area contributed by atoms with Gasteiger partial charge in [-0.15, -0.1) is 0 Å². The summed E-state index contributed by atoms with van der Waals surface area (Å²) in [6.07, 6.45) is 0.844. The molecule has 2 rings (SSSR count). The Morgan fingerprint density at radius 3 is 2.67 bits per heavy atom. The van der Waals surface area contributed by atoms with E-state index in [-0.39, 0.29) is 6.61 Å². The maximum Gasteiger partial charge on any atom is 0.338 e. The number of para-hydroxylation sites is 1. The molecule has 0 radical (unpaired) electrons. The Kier molecular flexibility index (Phi) is 7.87. The third-order valence-electron chi connectivity index (χ3n) is 4.00. The average molecular weight is 394 g/mol. The number of hydrogen-bond donors (Lipinski definition) is 2. The van der Waals surface area contributed by atoms with Gasteiger partial charge in [-0.1, -0.05) is 19.1 Å². The fourth-order valence-corrected chi connectivity index (χ4v) is 3.04. The van der Waals surface area contributed by atoms with Gasteiger partial charge in [0.1, 0.15) is 6.61 Å². The fraction of sp³-hybridized carbons (Fsp3) is 0.474. The number of thiocarbonyl (C=S) groups is 1. The van der Waals surface area contributed by atoms with Crippen LogP contribution in [-0.4, -0.2) is 45.1 Å². The normalized spacial score (nSPS) is 16.4. The van der Waals surface area contributed by atoms with Crippen LogP contribution in [-0.2, 0) is 14.3 Å². The Labute approximate surface area is 165 Å². The van der Waals surface area contributed by atoms with Crippen LogP contribution in [0, 0.1) is 0 Å². The van der Waals surface area contributed by atoms with Gasteiger partial charge < -0.3 is 29.6 Å². The first-order valence-corrected chi connectivity index (χ1v) is 9.18. The minimum absolute atomic E-state index is 0.167. The topological polar surface area (TPSA) is 78.1 Å². The number of rotatable bonds is 9. The molecule has 1 heterocycles. The van der Waals surface area contributed by atoms with Gasteiger partial charge in [0, 0.05) is 18.4 Å². The molecular weight excluding hydrogens is 368 g/mol. The number of esters is 1. The molecule has 0 fully saturated rings. The second-order valence-corrected chi connectivity index (χ2v) is 6.33. The average Bonchev–Trinajstić information content (AvgIpc) is 2.65. The summed E-state index contributed by atoms with van der Waals surface area (Å²) in [5.41, 5.74) is 1.83. The van der Waals surface area contributed by atoms with E-state index in [1.165, 1.54) is 0 Å². The SMILES string of the molecule is CCCOc1c(OC)cccc1[C@@H]1NC(=S)NC(C)=C1C(=O)OCCOC. The van der Waals surface area contributed by atoms with E-state index in [1.54, 1.807) is 21.1 Å². The van der Waals surface area contributed by atoms with Crippen LogP contribution in [0.4, 0.5) is 0 Å². The van der Waals surface area contributed by atoms with Crippen molar-refractivity contribution in [3.63, 3.8) is 0 Å². The second-order valence-electron chi connectivity index (χ2n) is 5.93. The molecule has 0 aromatic heterocycles. The Morgan fingerprint density at radius 1 is 1.22 bits per heavy atom. The van der Waals surface area contributed by atoms with Crippen LogP contribution < -0.4 is 20.1 Å². The zero-order valence-corrected chi connectivity index (χ0v) is 16.9. The Morgan fingerprint density at radius 2 is 2.00 bits per heavy atom. The van der Waals surface area contributed by atoms with Crippen LogP contribution in [0.5, 0.6) is 11.5 Å². The number of ether oxygens (including phenoxy) is 4. The zero-order chi connectivity index (χ0) is 19.8. The molecule has 0 aliphatic carbocycles. The minimum atomic E-state index is -0.518. The van der Waals surface area contributed by atoms with Crippen LogP contribution in [0.2, 0.25) is 0 Å². The summed E-state index contributed by atoms with van der Waals surface area (Å²) in [5.74, 6) is 0.734. The van der Waals surface area contributed by atoms with Gasteiger partial charge in [0.05, 0.1) is 31.9 Å². The summed E-state index contributed by atoms with van der Waals surface area (Å²) in [6, 6.07) is 5.04. The first-order valence-electron chi connectivity index (χ1n) is 8.77. The zero-order valence-electron chi connectivity index (χ0n) is 16.1. The van der Waals surface area contributed by atoms with Crippen molar-refractivity contribution in [1.82, 2.24) is 10.6 Å². The first-order chi connectivity index (χ1) is 13.0. The van der Waals surface area contributed by atoms with E-state index in [4.69, 9.17) is 31.2 Å². The van der Waals surface area contributed by atoms with Crippen LogP contribution in [0.25, 0.3) is 0 Å². The Bertz CT molecular complexity index is 720. The Hall–Kier alpha value is -2.32. The second kappa shape index (κ2) is 10.1. The van der Waals surface area contributed by atoms with Crippen molar-refractivity contribution >= 4 is 23.3 Å². The number of benzene rings is 1. The van der Waals surface area contributed by atoms with E-state index in [2.05, 4.69) is 10.6 Å². The molecule has 27 heavy (non-hydrogen) atoms. The summed E-state index contributed by atoms with van der Waals surface area (Å²) in [5, 5.41) is 6.56. The molecule has 0 amide bonds. The number of carbonyl (C=O) groups excluding carboxylic acids is 1. The molecule has 1 atom stereocenters. The number of allylic oxidation sites excluding steroid dienone is 1. The van der Waals surface area contributed by atoms with E-state index < -0.39 is 12.0 Å². The van der Waals surface area contributed by atoms with E-state index >= 15 is 0 Å². The lowest BCUT2D eigenvalue weighted by Gasteiger charge is -2.31. The minimum Gasteiger partial charge on any atom is -0.493 e. The van der Waals surface area contributed by atoms with Gasteiger partial charge in [-0.05, 0) is 31.6 Å². The first kappa shape index (κ1) is 21.0. The molecule has 1 aromatic rings. The molecule has 2 N–H and O–H groups in total. The largest absolute Gasteiger partial charge is 0.493 e. The number of carbonyl (C=O) groups is 1. The lowest BCUT2D eigenvalue weighted by Crippen LogP contribution is -2.45. The monoisotopic (exact) mass is 394 g/mol. The number of nitrogens with one attached hydrogen (secondary N) is 2. The fourth-order valence-electron chi connectivity index (χ4n) is 2.77. The predicted octanol–water partition coefficient (Wildman–Crippen LogP) is 2.47. The van der Waals surface area contributed by atoms with Gasteiger partial charge in [0.25, 0.3) is 0 Å². The van der Waals surface area contributed by atoms with Crippen molar-refractivity contribution in [2.24, 2.45) is 0 Å². The van der Waals surface area contributed by atoms with Crippen LogP contribution in [0.1, 0.15) is 31.9 Å². The summed E-state index contributed by atoms with van der Waals surface area (Å²) in [4.78, 5) is 12.7. The van der Waals surface area contributed by atoms with Gasteiger partial charge in [-0.3, -0.25) is 0 Å². The maximum atomic E-state index is 12.7. The summed E-state index contributed by atoms with van der Waals surface area (Å²) < 4.78 is 21.7. The molecule has 0 unspecified atom stereocenters. The van der Waals surface area contributed by atoms with Crippen molar-refractivity contribution in [3.8, 4) is 11.5 Å². The summed E-state index contributed by atoms with van der Waals surface area (Å²) in [7, 11) is 3.14. The van der Waals surface area contributed by atoms with Gasteiger partial charge in [0.15, 0.2) is 16.6 Å². The van der Waals surface area contributed by atoms with Crippen LogP contribution >= 0.6 is 12.2 Å². The van der Waals surface area contributed by atoms with Gasteiger partial charge in [-0.25, -0.2) is 4.79 Å². The van der Waals surface area contributed by atoms with Crippen molar-refractivity contribution in [1.29, 1.82) is 0 Å². The smallest absolute Gasteiger partial charge is 0.338 e. The highest BCUT2D eigenvalue weighted by molar-refractivity contribution is 7.80. The van der Waals surface area contributed by atoms with Crippen molar-refractivity contribution in [2.45, 2.75) is 26.3 Å². The number of hydrogen-bond acceptors (Lipinski definition) is 6. The molecular formula is C19H26N2O5S. The van der Waals surface area contributed by atoms with E-state index in [0.29, 0.717) is 41.1 Å². The Balaban J connectivity index is 2.45. The molecule has 148 valence electrons. The quantitative estimate of drug-likeness (QED) is 0.376. The summed E-state index contributed by atoms with van der Waals surface area (Å²) in [6.45, 7) is 4.83. The molecule has 1 aliphatic rings. The highest BCUT2D eigenvalue weighted by Crippen LogP contribution is 2.39. The molecule has 7 nitrogen and oxygen atoms in total. The lowest BCUT2D eigenvalue weighted by molar-refractivity contribution is -0.140. The molecule has 1 aliphatic heterocycles. The third kappa shape index (κ3) is 5.11. The standard InChI is InChI=1S/C19H26N2O5S/c1-5-9-25-17-13(7-6-8-14(17)24-4)16-15(12(2)20-19(27)21-16)18(22)26-11-10-23-3/h6-8,16H,5,9-11H2,1-4H3,(H2,20,21,27)/t16-/m0/s1. The maximum absolute atomic E-state index is 12.7. The molecule has 1 aromatic carbocycles. The highest BCUT2D eigenvalue weighted by atomic mass is 32.1. The van der Waals surface area contributed by atoms with E-state index in [1.807, 2.05) is 25.1 Å². The van der Waals surface area contributed by atoms with Gasteiger partial charge >= 0.3 is 5.97 Å². The molecule has 0 saturated carbocycles. The molecule has 0 spiro atoms. The summed E-state index contributed by atoms with van der Waals surface area (Å²) >= 11 is 5.30. The van der Waals surface area contributed by atoms with E-state index in [0.717, 1.165) is 12.0 Å². The molecule has 8 heteroatoms. The van der Waals surface area contributed by atoms with E-state index in [9.17, 15) is 4.79 Å². The molecule has 0 saturated heterocycles. The third-order valence-corrected chi connectivity index (χ3v) is 4.22. The number of methoxy groups -OCH3 is 2.